The number of thiazole rings is 1. The number of esters is 1. The number of methoxy groups -OCH3 is 1. The van der Waals surface area contributed by atoms with E-state index in [4.69, 9.17) is 9.47 Å². The first-order chi connectivity index (χ1) is 13.6. The van der Waals surface area contributed by atoms with Gasteiger partial charge < -0.3 is 9.47 Å². The zero-order valence-electron chi connectivity index (χ0n) is 15.7. The van der Waals surface area contributed by atoms with E-state index in [0.717, 1.165) is 36.3 Å². The van der Waals surface area contributed by atoms with Gasteiger partial charge in [0.15, 0.2) is 4.96 Å². The van der Waals surface area contributed by atoms with Crippen molar-refractivity contribution in [1.29, 1.82) is 0 Å². The first-order valence-corrected chi connectivity index (χ1v) is 11.1. The van der Waals surface area contributed by atoms with Crippen LogP contribution in [-0.4, -0.2) is 28.7 Å². The van der Waals surface area contributed by atoms with Crippen LogP contribution >= 0.6 is 23.1 Å². The zero-order valence-corrected chi connectivity index (χ0v) is 17.3. The maximum Gasteiger partial charge on any atom is 0.342 e. The second kappa shape index (κ2) is 7.97. The number of nitrogens with zero attached hydrogens (tertiary/aromatic N) is 2. The number of aryl methyl sites for hydroxylation is 2. The molecule has 0 atom stereocenters. The van der Waals surface area contributed by atoms with Gasteiger partial charge in [-0.3, -0.25) is 9.20 Å². The number of ether oxygens (including phenoxy) is 2. The molecule has 0 radical (unpaired) electrons. The molecule has 0 aliphatic heterocycles. The van der Waals surface area contributed by atoms with Crippen molar-refractivity contribution in [3.05, 3.63) is 56.4 Å². The summed E-state index contributed by atoms with van der Waals surface area (Å²) in [6.07, 6.45) is 6.11. The first-order valence-electron chi connectivity index (χ1n) is 9.03. The molecule has 2 heterocycles. The molecule has 6 nitrogen and oxygen atoms in total. The van der Waals surface area contributed by atoms with Crippen LogP contribution in [0, 0.1) is 0 Å². The van der Waals surface area contributed by atoms with Gasteiger partial charge in [-0.05, 0) is 50.1 Å². The number of hydrogen-bond acceptors (Lipinski definition) is 7. The fourth-order valence-electron chi connectivity index (χ4n) is 3.40. The minimum Gasteiger partial charge on any atom is -0.496 e. The Morgan fingerprint density at radius 2 is 2.11 bits per heavy atom. The summed E-state index contributed by atoms with van der Waals surface area (Å²) in [4.78, 5) is 32.5. The highest BCUT2D eigenvalue weighted by Crippen LogP contribution is 2.29. The Balaban J connectivity index is 1.56. The fraction of sp³-hybridized carbons (Fsp3) is 0.350. The average Bonchev–Trinajstić information content (AvgIpc) is 3.10. The largest absolute Gasteiger partial charge is 0.496 e. The molecule has 0 bridgehead atoms. The molecule has 0 N–H and O–H groups in total. The van der Waals surface area contributed by atoms with Crippen LogP contribution in [0.2, 0.25) is 0 Å². The molecular formula is C20H20N2O4S2. The maximum atomic E-state index is 12.6. The molecule has 1 aliphatic rings. The van der Waals surface area contributed by atoms with Crippen LogP contribution in [0.15, 0.2) is 34.0 Å². The van der Waals surface area contributed by atoms with E-state index in [2.05, 4.69) is 4.98 Å². The summed E-state index contributed by atoms with van der Waals surface area (Å²) in [6.45, 7) is -0.0550. The topological polar surface area (TPSA) is 69.9 Å². The number of fused-ring (bicyclic) bond motifs is 3. The van der Waals surface area contributed by atoms with Crippen LogP contribution in [0.1, 0.15) is 39.5 Å². The third-order valence-corrected chi connectivity index (χ3v) is 6.66. The van der Waals surface area contributed by atoms with Gasteiger partial charge in [-0.15, -0.1) is 23.1 Å². The molecule has 1 aliphatic carbocycles. The number of thioether (sulfide) groups is 1. The third-order valence-electron chi connectivity index (χ3n) is 4.79. The maximum absolute atomic E-state index is 12.6. The summed E-state index contributed by atoms with van der Waals surface area (Å²) in [6, 6.07) is 6.78. The summed E-state index contributed by atoms with van der Waals surface area (Å²) >= 11 is 3.12. The predicted molar refractivity (Wildman–Crippen MR) is 110 cm³/mol. The van der Waals surface area contributed by atoms with Crippen molar-refractivity contribution >= 4 is 34.0 Å². The van der Waals surface area contributed by atoms with Crippen molar-refractivity contribution in [2.45, 2.75) is 37.2 Å². The van der Waals surface area contributed by atoms with Crippen LogP contribution in [-0.2, 0) is 24.2 Å². The van der Waals surface area contributed by atoms with Gasteiger partial charge in [0, 0.05) is 21.5 Å². The van der Waals surface area contributed by atoms with Crippen LogP contribution in [0.25, 0.3) is 4.96 Å². The van der Waals surface area contributed by atoms with Crippen molar-refractivity contribution in [3.8, 4) is 5.75 Å². The van der Waals surface area contributed by atoms with Gasteiger partial charge in [-0.25, -0.2) is 9.78 Å². The lowest BCUT2D eigenvalue weighted by Gasteiger charge is -2.11. The van der Waals surface area contributed by atoms with Crippen molar-refractivity contribution < 1.29 is 14.3 Å². The normalized spacial score (nSPS) is 13.4. The lowest BCUT2D eigenvalue weighted by atomic mass is 10.0. The summed E-state index contributed by atoms with van der Waals surface area (Å²) in [7, 11) is 1.52. The summed E-state index contributed by atoms with van der Waals surface area (Å²) in [5.74, 6) is -0.0387. The molecule has 0 spiro atoms. The summed E-state index contributed by atoms with van der Waals surface area (Å²) in [5.41, 5.74) is 1.78. The molecule has 4 rings (SSSR count). The molecule has 28 heavy (non-hydrogen) atoms. The number of carbonyl (C=O) groups excluding carboxylic acids is 1. The van der Waals surface area contributed by atoms with E-state index in [-0.39, 0.29) is 12.2 Å². The summed E-state index contributed by atoms with van der Waals surface area (Å²) < 4.78 is 12.4. The Morgan fingerprint density at radius 3 is 2.89 bits per heavy atom. The number of rotatable bonds is 5. The molecule has 0 saturated heterocycles. The smallest absolute Gasteiger partial charge is 0.342 e. The first kappa shape index (κ1) is 19.0. The third kappa shape index (κ3) is 3.54. The van der Waals surface area contributed by atoms with Gasteiger partial charge in [-0.1, -0.05) is 0 Å². The number of aromatic nitrogens is 2. The van der Waals surface area contributed by atoms with E-state index in [1.54, 1.807) is 39.6 Å². The van der Waals surface area contributed by atoms with Gasteiger partial charge >= 0.3 is 5.97 Å². The van der Waals surface area contributed by atoms with Crippen molar-refractivity contribution in [2.75, 3.05) is 13.4 Å². The van der Waals surface area contributed by atoms with Crippen molar-refractivity contribution in [3.63, 3.8) is 0 Å². The Kier molecular flexibility index (Phi) is 5.41. The number of benzene rings is 1. The molecule has 0 saturated carbocycles. The van der Waals surface area contributed by atoms with Gasteiger partial charge in [0.25, 0.3) is 5.56 Å². The summed E-state index contributed by atoms with van der Waals surface area (Å²) in [5, 5.41) is 0. The van der Waals surface area contributed by atoms with E-state index in [1.807, 2.05) is 12.3 Å². The monoisotopic (exact) mass is 416 g/mol. The second-order valence-corrected chi connectivity index (χ2v) is 8.47. The van der Waals surface area contributed by atoms with Crippen molar-refractivity contribution in [2.24, 2.45) is 0 Å². The molecule has 0 amide bonds. The van der Waals surface area contributed by atoms with Gasteiger partial charge in [-0.2, -0.15) is 0 Å². The van der Waals surface area contributed by atoms with E-state index in [1.165, 1.54) is 18.1 Å². The van der Waals surface area contributed by atoms with Crippen molar-refractivity contribution in [1.82, 2.24) is 9.38 Å². The molecular weight excluding hydrogens is 396 g/mol. The molecule has 2 aromatic heterocycles. The minimum atomic E-state index is -0.503. The molecule has 8 heteroatoms. The van der Waals surface area contributed by atoms with Crippen LogP contribution in [0.3, 0.4) is 0 Å². The highest BCUT2D eigenvalue weighted by atomic mass is 32.2. The Bertz CT molecular complexity index is 1100. The van der Waals surface area contributed by atoms with Crippen LogP contribution < -0.4 is 10.3 Å². The number of hydrogen-bond donors (Lipinski definition) is 0. The second-order valence-electron chi connectivity index (χ2n) is 6.53. The van der Waals surface area contributed by atoms with Gasteiger partial charge in [0.05, 0.1) is 12.8 Å². The van der Waals surface area contributed by atoms with Crippen LogP contribution in [0.5, 0.6) is 5.75 Å². The fourth-order valence-corrected chi connectivity index (χ4v) is 5.06. The quantitative estimate of drug-likeness (QED) is 0.466. The van der Waals surface area contributed by atoms with Crippen LogP contribution in [0.4, 0.5) is 0 Å². The lowest BCUT2D eigenvalue weighted by Crippen LogP contribution is -2.18. The van der Waals surface area contributed by atoms with E-state index in [0.29, 0.717) is 22.0 Å². The minimum absolute atomic E-state index is 0.0550. The highest BCUT2D eigenvalue weighted by molar-refractivity contribution is 7.98. The Labute approximate surface area is 170 Å². The standard InChI is InChI=1S/C20H20N2O4S2/c1-25-16-10-13(27-2)7-8-14(16)19(24)26-11-12-9-18(23)22-15-5-3-4-6-17(15)28-20(22)21-12/h7-10H,3-6,11H2,1-2H3. The van der Waals surface area contributed by atoms with Gasteiger partial charge in [0.2, 0.25) is 0 Å². The lowest BCUT2D eigenvalue weighted by molar-refractivity contribution is 0.0464. The van der Waals surface area contributed by atoms with Gasteiger partial charge in [0.1, 0.15) is 17.9 Å². The predicted octanol–water partition coefficient (Wildman–Crippen LogP) is 3.72. The number of carbonyl (C=O) groups is 1. The molecule has 0 unspecified atom stereocenters. The Morgan fingerprint density at radius 1 is 1.29 bits per heavy atom. The SMILES string of the molecule is COc1cc(SC)ccc1C(=O)OCc1cc(=O)n2c3c(sc2n1)CCCC3. The van der Waals surface area contributed by atoms with E-state index >= 15 is 0 Å². The molecule has 3 aromatic rings. The zero-order chi connectivity index (χ0) is 19.7. The Hall–Kier alpha value is -2.32. The van der Waals surface area contributed by atoms with E-state index in [9.17, 15) is 9.59 Å². The highest BCUT2D eigenvalue weighted by Gasteiger charge is 2.19. The molecule has 146 valence electrons. The molecule has 1 aromatic carbocycles. The molecule has 0 fully saturated rings. The average molecular weight is 417 g/mol. The van der Waals surface area contributed by atoms with E-state index < -0.39 is 5.97 Å².